The van der Waals surface area contributed by atoms with Crippen molar-refractivity contribution in [3.8, 4) is 5.75 Å². The van der Waals surface area contributed by atoms with E-state index in [2.05, 4.69) is 24.4 Å². The largest absolute Gasteiger partial charge is 0.494 e. The van der Waals surface area contributed by atoms with Crippen molar-refractivity contribution in [2.75, 3.05) is 13.2 Å². The van der Waals surface area contributed by atoms with Gasteiger partial charge in [-0.15, -0.1) is 0 Å². The molecule has 0 unspecified atom stereocenters. The summed E-state index contributed by atoms with van der Waals surface area (Å²) in [7, 11) is 0. The van der Waals surface area contributed by atoms with Gasteiger partial charge in [-0.2, -0.15) is 0 Å². The average molecular weight is 277 g/mol. The fraction of sp³-hybridized carbons (Fsp3) is 0.647. The maximum atomic E-state index is 10.5. The van der Waals surface area contributed by atoms with E-state index in [1.165, 1.54) is 5.56 Å². The van der Waals surface area contributed by atoms with Gasteiger partial charge in [0.1, 0.15) is 5.75 Å². The molecular weight excluding hydrogens is 250 g/mol. The predicted molar refractivity (Wildman–Crippen MR) is 81.9 cm³/mol. The van der Waals surface area contributed by atoms with Gasteiger partial charge in [0.05, 0.1) is 12.2 Å². The summed E-state index contributed by atoms with van der Waals surface area (Å²) < 4.78 is 5.43. The van der Waals surface area contributed by atoms with Gasteiger partial charge < -0.3 is 15.2 Å². The number of aliphatic hydroxyl groups is 1. The summed E-state index contributed by atoms with van der Waals surface area (Å²) in [6.45, 7) is 6.44. The molecule has 0 saturated heterocycles. The number of ether oxygens (including phenoxy) is 1. The first kappa shape index (κ1) is 15.3. The van der Waals surface area contributed by atoms with Crippen molar-refractivity contribution in [1.29, 1.82) is 0 Å². The van der Waals surface area contributed by atoms with Crippen molar-refractivity contribution in [1.82, 2.24) is 5.32 Å². The van der Waals surface area contributed by atoms with E-state index in [1.807, 2.05) is 19.1 Å². The molecule has 0 aliphatic heterocycles. The minimum absolute atomic E-state index is 0.502. The third-order valence-electron chi connectivity index (χ3n) is 4.22. The molecule has 2 rings (SSSR count). The molecule has 1 aliphatic carbocycles. The number of benzene rings is 1. The molecule has 0 amide bonds. The maximum absolute atomic E-state index is 10.5. The fourth-order valence-corrected chi connectivity index (χ4v) is 2.79. The van der Waals surface area contributed by atoms with Gasteiger partial charge in [0.25, 0.3) is 0 Å². The van der Waals surface area contributed by atoms with Crippen LogP contribution in [-0.4, -0.2) is 23.9 Å². The van der Waals surface area contributed by atoms with Crippen molar-refractivity contribution < 1.29 is 9.84 Å². The molecule has 0 radical (unpaired) electrons. The molecule has 1 aromatic carbocycles. The highest BCUT2D eigenvalue weighted by atomic mass is 16.5. The summed E-state index contributed by atoms with van der Waals surface area (Å²) >= 11 is 0. The molecule has 3 heteroatoms. The van der Waals surface area contributed by atoms with E-state index in [1.54, 1.807) is 0 Å². The van der Waals surface area contributed by atoms with Crippen LogP contribution in [0.25, 0.3) is 0 Å². The standard InChI is InChI=1S/C17H27NO2/c1-3-20-16-6-4-15(5-7-16)12-18-13-17(19)10-8-14(2)9-11-17/h4-7,14,18-19H,3,8-13H2,1-2H3. The van der Waals surface area contributed by atoms with E-state index in [4.69, 9.17) is 4.74 Å². The molecule has 112 valence electrons. The number of rotatable bonds is 6. The highest BCUT2D eigenvalue weighted by Crippen LogP contribution is 2.31. The summed E-state index contributed by atoms with van der Waals surface area (Å²) in [6, 6.07) is 8.14. The quantitative estimate of drug-likeness (QED) is 0.839. The van der Waals surface area contributed by atoms with Crippen LogP contribution in [0.3, 0.4) is 0 Å². The van der Waals surface area contributed by atoms with Crippen molar-refractivity contribution in [2.24, 2.45) is 5.92 Å². The van der Waals surface area contributed by atoms with Crippen LogP contribution in [-0.2, 0) is 6.54 Å². The summed E-state index contributed by atoms with van der Waals surface area (Å²) in [5.74, 6) is 1.68. The Bertz CT molecular complexity index is 394. The van der Waals surface area contributed by atoms with E-state index in [0.29, 0.717) is 13.2 Å². The molecule has 2 N–H and O–H groups in total. The van der Waals surface area contributed by atoms with Gasteiger partial charge in [0, 0.05) is 13.1 Å². The van der Waals surface area contributed by atoms with E-state index in [9.17, 15) is 5.11 Å². The predicted octanol–water partition coefficient (Wildman–Crippen LogP) is 3.12. The van der Waals surface area contributed by atoms with Crippen LogP contribution >= 0.6 is 0 Å². The SMILES string of the molecule is CCOc1ccc(CNCC2(O)CCC(C)CC2)cc1. The Hall–Kier alpha value is -1.06. The summed E-state index contributed by atoms with van der Waals surface area (Å²) in [5.41, 5.74) is 0.721. The van der Waals surface area contributed by atoms with Crippen LogP contribution in [0.15, 0.2) is 24.3 Å². The summed E-state index contributed by atoms with van der Waals surface area (Å²) in [6.07, 6.45) is 4.12. The van der Waals surface area contributed by atoms with Crippen molar-refractivity contribution >= 4 is 0 Å². The Labute approximate surface area is 122 Å². The van der Waals surface area contributed by atoms with Crippen molar-refractivity contribution in [3.63, 3.8) is 0 Å². The number of nitrogens with one attached hydrogen (secondary N) is 1. The van der Waals surface area contributed by atoms with Crippen molar-refractivity contribution in [2.45, 2.75) is 51.7 Å². The zero-order chi connectivity index (χ0) is 14.4. The minimum Gasteiger partial charge on any atom is -0.494 e. The highest BCUT2D eigenvalue weighted by Gasteiger charge is 2.31. The molecule has 0 spiro atoms. The average Bonchev–Trinajstić information content (AvgIpc) is 2.45. The minimum atomic E-state index is -0.502. The van der Waals surface area contributed by atoms with Crippen LogP contribution in [0.4, 0.5) is 0 Å². The summed E-state index contributed by atoms with van der Waals surface area (Å²) in [5, 5.41) is 13.9. The van der Waals surface area contributed by atoms with Gasteiger partial charge in [-0.1, -0.05) is 19.1 Å². The van der Waals surface area contributed by atoms with E-state index < -0.39 is 5.60 Å². The lowest BCUT2D eigenvalue weighted by atomic mass is 9.79. The fourth-order valence-electron chi connectivity index (χ4n) is 2.79. The number of hydrogen-bond donors (Lipinski definition) is 2. The number of hydrogen-bond acceptors (Lipinski definition) is 3. The van der Waals surface area contributed by atoms with Crippen LogP contribution in [0.2, 0.25) is 0 Å². The van der Waals surface area contributed by atoms with Gasteiger partial charge in [0.15, 0.2) is 0 Å². The second-order valence-corrected chi connectivity index (χ2v) is 6.09. The zero-order valence-electron chi connectivity index (χ0n) is 12.7. The summed E-state index contributed by atoms with van der Waals surface area (Å²) in [4.78, 5) is 0. The van der Waals surface area contributed by atoms with Gasteiger partial charge in [-0.25, -0.2) is 0 Å². The lowest BCUT2D eigenvalue weighted by Crippen LogP contribution is -2.43. The van der Waals surface area contributed by atoms with E-state index >= 15 is 0 Å². The first-order valence-electron chi connectivity index (χ1n) is 7.76. The lowest BCUT2D eigenvalue weighted by molar-refractivity contribution is -0.00630. The van der Waals surface area contributed by atoms with Gasteiger partial charge in [0.2, 0.25) is 0 Å². The Morgan fingerprint density at radius 2 is 1.90 bits per heavy atom. The highest BCUT2D eigenvalue weighted by molar-refractivity contribution is 5.27. The molecule has 20 heavy (non-hydrogen) atoms. The second kappa shape index (κ2) is 7.09. The molecule has 3 nitrogen and oxygen atoms in total. The third kappa shape index (κ3) is 4.50. The lowest BCUT2D eigenvalue weighted by Gasteiger charge is -2.35. The topological polar surface area (TPSA) is 41.5 Å². The first-order chi connectivity index (χ1) is 9.61. The molecule has 0 heterocycles. The van der Waals surface area contributed by atoms with Gasteiger partial charge in [-0.05, 0) is 56.2 Å². The Balaban J connectivity index is 1.75. The smallest absolute Gasteiger partial charge is 0.119 e. The normalized spacial score (nSPS) is 26.4. The van der Waals surface area contributed by atoms with Crippen LogP contribution in [0.5, 0.6) is 5.75 Å². The third-order valence-corrected chi connectivity index (χ3v) is 4.22. The van der Waals surface area contributed by atoms with Gasteiger partial charge in [-0.3, -0.25) is 0 Å². The maximum Gasteiger partial charge on any atom is 0.119 e. The van der Waals surface area contributed by atoms with Crippen LogP contribution in [0, 0.1) is 5.92 Å². The molecule has 1 aliphatic rings. The molecule has 0 bridgehead atoms. The zero-order valence-corrected chi connectivity index (χ0v) is 12.7. The second-order valence-electron chi connectivity index (χ2n) is 6.09. The molecule has 0 aromatic heterocycles. The van der Waals surface area contributed by atoms with Gasteiger partial charge >= 0.3 is 0 Å². The Morgan fingerprint density at radius 3 is 2.50 bits per heavy atom. The molecule has 1 fully saturated rings. The van der Waals surface area contributed by atoms with Crippen LogP contribution < -0.4 is 10.1 Å². The Kier molecular flexibility index (Phi) is 5.44. The molecule has 1 aromatic rings. The first-order valence-corrected chi connectivity index (χ1v) is 7.76. The molecule has 1 saturated carbocycles. The van der Waals surface area contributed by atoms with E-state index in [-0.39, 0.29) is 0 Å². The Morgan fingerprint density at radius 1 is 1.25 bits per heavy atom. The van der Waals surface area contributed by atoms with E-state index in [0.717, 1.165) is 43.9 Å². The molecule has 0 atom stereocenters. The molecular formula is C17H27NO2. The monoisotopic (exact) mass is 277 g/mol. The van der Waals surface area contributed by atoms with Crippen molar-refractivity contribution in [3.05, 3.63) is 29.8 Å². The van der Waals surface area contributed by atoms with Crippen LogP contribution in [0.1, 0.15) is 45.1 Å².